The van der Waals surface area contributed by atoms with Crippen molar-refractivity contribution in [2.24, 2.45) is 5.92 Å². The maximum Gasteiger partial charge on any atom is 0.307 e. The zero-order valence-corrected chi connectivity index (χ0v) is 14.6. The van der Waals surface area contributed by atoms with Crippen molar-refractivity contribution < 1.29 is 19.8 Å². The second-order valence-electron chi connectivity index (χ2n) is 5.99. The van der Waals surface area contributed by atoms with Crippen LogP contribution in [0.3, 0.4) is 0 Å². The molecule has 0 aliphatic carbocycles. The van der Waals surface area contributed by atoms with E-state index >= 15 is 0 Å². The van der Waals surface area contributed by atoms with Gasteiger partial charge in [0.2, 0.25) is 0 Å². The number of tetrazole rings is 1. The van der Waals surface area contributed by atoms with Gasteiger partial charge in [-0.15, -0.1) is 10.2 Å². The fourth-order valence-electron chi connectivity index (χ4n) is 2.87. The number of carboxylic acids is 1. The molecule has 1 aromatic heterocycles. The molecule has 26 heavy (non-hydrogen) atoms. The summed E-state index contributed by atoms with van der Waals surface area (Å²) in [4.78, 5) is 23.6. The van der Waals surface area contributed by atoms with E-state index in [0.717, 1.165) is 12.0 Å². The molecule has 0 aliphatic rings. The summed E-state index contributed by atoms with van der Waals surface area (Å²) in [5, 5.41) is 34.8. The molecule has 1 heterocycles. The third kappa shape index (κ3) is 5.09. The van der Waals surface area contributed by atoms with E-state index in [0.29, 0.717) is 24.2 Å². The zero-order valence-electron chi connectivity index (χ0n) is 14.6. The first-order valence-electron chi connectivity index (χ1n) is 8.51. The first-order valence-corrected chi connectivity index (χ1v) is 8.51. The highest BCUT2D eigenvalue weighted by atomic mass is 16.4. The molecule has 0 bridgehead atoms. The second-order valence-corrected chi connectivity index (χ2v) is 5.99. The van der Waals surface area contributed by atoms with Gasteiger partial charge >= 0.3 is 5.97 Å². The molecule has 0 radical (unpaired) electrons. The van der Waals surface area contributed by atoms with Crippen LogP contribution in [-0.2, 0) is 11.2 Å². The Morgan fingerprint density at radius 3 is 2.54 bits per heavy atom. The van der Waals surface area contributed by atoms with Crippen molar-refractivity contribution in [3.63, 3.8) is 0 Å². The fraction of sp³-hybridized carbons (Fsp3) is 0.471. The number of nitrogens with one attached hydrogen (secondary N) is 2. The number of aromatic nitrogens is 4. The highest BCUT2D eigenvalue weighted by Crippen LogP contribution is 2.29. The van der Waals surface area contributed by atoms with E-state index in [9.17, 15) is 14.7 Å². The third-order valence-electron chi connectivity index (χ3n) is 4.17. The quantitative estimate of drug-likeness (QED) is 0.489. The van der Waals surface area contributed by atoms with Gasteiger partial charge in [-0.3, -0.25) is 9.59 Å². The lowest BCUT2D eigenvalue weighted by atomic mass is 9.83. The molecular formula is C17H23N5O4. The lowest BCUT2D eigenvalue weighted by Gasteiger charge is -2.21. The number of hydrogen-bond donors (Lipinski definition) is 4. The molecular weight excluding hydrogens is 338 g/mol. The predicted octanol–water partition coefficient (Wildman–Crippen LogP) is 0.749. The number of carbonyl (C=O) groups excluding carboxylic acids is 1. The SMILES string of the molecule is CCCC(C(=O)O)C(Cc1ccc(C(=O)NCCO)cc1)c1nn[nH]n1. The van der Waals surface area contributed by atoms with E-state index in [1.165, 1.54) is 0 Å². The molecule has 1 amide bonds. The van der Waals surface area contributed by atoms with Crippen LogP contribution in [0, 0.1) is 5.92 Å². The Morgan fingerprint density at radius 1 is 1.27 bits per heavy atom. The summed E-state index contributed by atoms with van der Waals surface area (Å²) in [6.07, 6.45) is 1.67. The van der Waals surface area contributed by atoms with Crippen LogP contribution in [0.2, 0.25) is 0 Å². The molecule has 2 rings (SSSR count). The average molecular weight is 361 g/mol. The molecule has 4 N–H and O–H groups in total. The highest BCUT2D eigenvalue weighted by molar-refractivity contribution is 5.94. The second kappa shape index (κ2) is 9.62. The molecule has 1 aromatic carbocycles. The first kappa shape index (κ1) is 19.5. The molecule has 0 saturated carbocycles. The van der Waals surface area contributed by atoms with Gasteiger partial charge in [0.1, 0.15) is 0 Å². The molecule has 9 nitrogen and oxygen atoms in total. The predicted molar refractivity (Wildman–Crippen MR) is 92.5 cm³/mol. The van der Waals surface area contributed by atoms with E-state index in [1.807, 2.05) is 6.92 Å². The number of aliphatic hydroxyl groups excluding tert-OH is 1. The van der Waals surface area contributed by atoms with E-state index < -0.39 is 17.8 Å². The summed E-state index contributed by atoms with van der Waals surface area (Å²) in [6.45, 7) is 2.00. The van der Waals surface area contributed by atoms with Crippen molar-refractivity contribution in [2.75, 3.05) is 13.2 Å². The standard InChI is InChI=1S/C17H23N5O4/c1-2-3-13(17(25)26)14(15-19-21-22-20-15)10-11-4-6-12(7-5-11)16(24)18-8-9-23/h4-7,13-14,23H,2-3,8-10H2,1H3,(H,18,24)(H,25,26)(H,19,20,21,22). The Morgan fingerprint density at radius 2 is 2.00 bits per heavy atom. The van der Waals surface area contributed by atoms with Crippen molar-refractivity contribution in [2.45, 2.75) is 32.1 Å². The van der Waals surface area contributed by atoms with Crippen LogP contribution in [0.4, 0.5) is 0 Å². The molecule has 9 heteroatoms. The first-order chi connectivity index (χ1) is 12.6. The summed E-state index contributed by atoms with van der Waals surface area (Å²) >= 11 is 0. The van der Waals surface area contributed by atoms with Crippen molar-refractivity contribution in [1.29, 1.82) is 0 Å². The summed E-state index contributed by atoms with van der Waals surface area (Å²) in [5.74, 6) is -1.82. The van der Waals surface area contributed by atoms with Crippen molar-refractivity contribution in [3.05, 3.63) is 41.2 Å². The van der Waals surface area contributed by atoms with Crippen LogP contribution in [-0.4, -0.2) is 55.9 Å². The van der Waals surface area contributed by atoms with Crippen LogP contribution < -0.4 is 5.32 Å². The number of H-pyrrole nitrogens is 1. The van der Waals surface area contributed by atoms with Crippen LogP contribution in [0.5, 0.6) is 0 Å². The summed E-state index contributed by atoms with van der Waals surface area (Å²) in [5.41, 5.74) is 1.35. The summed E-state index contributed by atoms with van der Waals surface area (Å²) in [6, 6.07) is 6.91. The largest absolute Gasteiger partial charge is 0.481 e. The number of hydrogen-bond acceptors (Lipinski definition) is 6. The van der Waals surface area contributed by atoms with Gasteiger partial charge in [0.05, 0.1) is 12.5 Å². The van der Waals surface area contributed by atoms with Crippen molar-refractivity contribution in [1.82, 2.24) is 25.9 Å². The van der Waals surface area contributed by atoms with Gasteiger partial charge in [-0.05, 0) is 30.5 Å². The van der Waals surface area contributed by atoms with Crippen molar-refractivity contribution >= 4 is 11.9 Å². The lowest BCUT2D eigenvalue weighted by molar-refractivity contribution is -0.143. The molecule has 0 aliphatic heterocycles. The van der Waals surface area contributed by atoms with Gasteiger partial charge in [-0.2, -0.15) is 5.21 Å². The van der Waals surface area contributed by atoms with Crippen LogP contribution in [0.25, 0.3) is 0 Å². The summed E-state index contributed by atoms with van der Waals surface area (Å²) < 4.78 is 0. The maximum absolute atomic E-state index is 11.9. The van der Waals surface area contributed by atoms with E-state index in [-0.39, 0.29) is 19.1 Å². The average Bonchev–Trinajstić information content (AvgIpc) is 3.17. The molecule has 2 unspecified atom stereocenters. The third-order valence-corrected chi connectivity index (χ3v) is 4.17. The number of rotatable bonds is 10. The minimum absolute atomic E-state index is 0.121. The number of aromatic amines is 1. The van der Waals surface area contributed by atoms with E-state index in [4.69, 9.17) is 5.11 Å². The van der Waals surface area contributed by atoms with E-state index in [1.54, 1.807) is 24.3 Å². The van der Waals surface area contributed by atoms with Gasteiger partial charge in [-0.25, -0.2) is 0 Å². The molecule has 0 spiro atoms. The smallest absolute Gasteiger partial charge is 0.307 e. The molecule has 0 saturated heterocycles. The van der Waals surface area contributed by atoms with Crippen LogP contribution in [0.15, 0.2) is 24.3 Å². The lowest BCUT2D eigenvalue weighted by Crippen LogP contribution is -2.26. The molecule has 0 fully saturated rings. The Balaban J connectivity index is 2.17. The number of amides is 1. The fourth-order valence-corrected chi connectivity index (χ4v) is 2.87. The minimum atomic E-state index is -0.887. The molecule has 140 valence electrons. The normalized spacial score (nSPS) is 13.2. The molecule has 2 aromatic rings. The number of nitrogens with zero attached hydrogens (tertiary/aromatic N) is 3. The minimum Gasteiger partial charge on any atom is -0.481 e. The van der Waals surface area contributed by atoms with Gasteiger partial charge in [0, 0.05) is 18.0 Å². The Hall–Kier alpha value is -2.81. The van der Waals surface area contributed by atoms with Gasteiger partial charge in [0.25, 0.3) is 5.91 Å². The Kier molecular flexibility index (Phi) is 7.22. The maximum atomic E-state index is 11.9. The zero-order chi connectivity index (χ0) is 18.9. The number of benzene rings is 1. The number of carbonyl (C=O) groups is 2. The molecule has 2 atom stereocenters. The number of carboxylic acid groups (broad SMARTS) is 1. The van der Waals surface area contributed by atoms with Crippen LogP contribution in [0.1, 0.15) is 47.4 Å². The summed E-state index contributed by atoms with van der Waals surface area (Å²) in [7, 11) is 0. The van der Waals surface area contributed by atoms with Crippen LogP contribution >= 0.6 is 0 Å². The van der Waals surface area contributed by atoms with Gasteiger partial charge in [-0.1, -0.05) is 30.7 Å². The highest BCUT2D eigenvalue weighted by Gasteiger charge is 2.31. The van der Waals surface area contributed by atoms with Gasteiger partial charge in [0.15, 0.2) is 5.82 Å². The van der Waals surface area contributed by atoms with Crippen molar-refractivity contribution in [3.8, 4) is 0 Å². The Bertz CT molecular complexity index is 702. The Labute approximate surface area is 150 Å². The topological polar surface area (TPSA) is 141 Å². The van der Waals surface area contributed by atoms with Gasteiger partial charge < -0.3 is 15.5 Å². The monoisotopic (exact) mass is 361 g/mol. The van der Waals surface area contributed by atoms with E-state index in [2.05, 4.69) is 25.9 Å². The number of aliphatic hydroxyl groups is 1. The number of aliphatic carboxylic acids is 1.